The van der Waals surface area contributed by atoms with Gasteiger partial charge in [0.05, 0.1) is 80.5 Å². The summed E-state index contributed by atoms with van der Waals surface area (Å²) in [5, 5.41) is 20.4. The van der Waals surface area contributed by atoms with Gasteiger partial charge in [-0.05, 0) is 36.6 Å². The number of fused-ring (bicyclic) bond motifs is 6. The molecule has 0 radical (unpaired) electrons. The smallest absolute Gasteiger partial charge is 0.132 e. The van der Waals surface area contributed by atoms with Crippen LogP contribution in [0.1, 0.15) is 35.2 Å². The third-order valence-electron chi connectivity index (χ3n) is 8.62. The van der Waals surface area contributed by atoms with Crippen molar-refractivity contribution < 1.29 is 24.1 Å². The van der Waals surface area contributed by atoms with Crippen LogP contribution in [0.2, 0.25) is 0 Å². The Balaban J connectivity index is 0.000000130. The van der Waals surface area contributed by atoms with Crippen molar-refractivity contribution in [2.75, 3.05) is 26.4 Å². The van der Waals surface area contributed by atoms with Gasteiger partial charge in [0.15, 0.2) is 0 Å². The summed E-state index contributed by atoms with van der Waals surface area (Å²) in [6, 6.07) is 11.7. The number of aryl methyl sites for hydroxylation is 1. The summed E-state index contributed by atoms with van der Waals surface area (Å²) in [4.78, 5) is 8.39. The summed E-state index contributed by atoms with van der Waals surface area (Å²) in [6.07, 6.45) is 6.95. The van der Waals surface area contributed by atoms with Gasteiger partial charge in [0.2, 0.25) is 0 Å². The lowest BCUT2D eigenvalue weighted by atomic mass is 9.86. The van der Waals surface area contributed by atoms with Gasteiger partial charge in [0.1, 0.15) is 5.82 Å². The van der Waals surface area contributed by atoms with Crippen molar-refractivity contribution >= 4 is 0 Å². The average Bonchev–Trinajstić information content (AvgIpc) is 3.73. The van der Waals surface area contributed by atoms with E-state index in [-0.39, 0.29) is 29.7 Å². The molecule has 2 fully saturated rings. The Kier molecular flexibility index (Phi) is 6.12. The molecule has 8 nitrogen and oxygen atoms in total. The van der Waals surface area contributed by atoms with Crippen LogP contribution in [0, 0.1) is 24.6 Å². The molecule has 202 valence electrons. The molecule has 2 aromatic heterocycles. The zero-order chi connectivity index (χ0) is 26.7. The van der Waals surface area contributed by atoms with Gasteiger partial charge in [-0.1, -0.05) is 29.8 Å². The van der Waals surface area contributed by atoms with Crippen LogP contribution in [-0.4, -0.2) is 68.0 Å². The Morgan fingerprint density at radius 1 is 0.846 bits per heavy atom. The standard InChI is InChI=1S/C15H15FN2O2.C15H16N2O2/c16-11-3-1-2-9-14(11)12-6-17-8-18(12)15(9)10-7-20-5-4-13(10)19;1-9-2-3-10-11(4-9)13-5-16-8-17(13)15(10)12-6-19-7-14(12)18/h1-3,6,8,10,13,15,19H,4-5,7H2;2-5,8,12,14-15,18H,6-7H2,1H3. The Morgan fingerprint density at radius 3 is 2.33 bits per heavy atom. The van der Waals surface area contributed by atoms with Gasteiger partial charge in [-0.2, -0.15) is 0 Å². The van der Waals surface area contributed by atoms with E-state index in [4.69, 9.17) is 9.47 Å². The number of halogens is 1. The molecule has 0 spiro atoms. The number of hydrogen-bond acceptors (Lipinski definition) is 6. The summed E-state index contributed by atoms with van der Waals surface area (Å²) < 4.78 is 29.2. The maximum absolute atomic E-state index is 14.1. The lowest BCUT2D eigenvalue weighted by molar-refractivity contribution is -0.0481. The van der Waals surface area contributed by atoms with Crippen LogP contribution >= 0.6 is 0 Å². The number of nitrogens with zero attached hydrogens (tertiary/aromatic N) is 4. The third-order valence-corrected chi connectivity index (χ3v) is 8.62. The highest BCUT2D eigenvalue weighted by Crippen LogP contribution is 2.47. The van der Waals surface area contributed by atoms with Crippen molar-refractivity contribution in [2.45, 2.75) is 37.6 Å². The van der Waals surface area contributed by atoms with Crippen LogP contribution in [0.4, 0.5) is 4.39 Å². The SMILES string of the molecule is Cc1ccc2c(c1)-c1cncn1C2C1COCC1O.OC1CCOCC1C1c2cccc(F)c2-c2cncn21. The molecule has 4 aliphatic rings. The Bertz CT molecular complexity index is 1520. The van der Waals surface area contributed by atoms with Crippen molar-refractivity contribution in [2.24, 2.45) is 11.8 Å². The molecule has 39 heavy (non-hydrogen) atoms. The molecule has 6 atom stereocenters. The lowest BCUT2D eigenvalue weighted by Crippen LogP contribution is -2.37. The van der Waals surface area contributed by atoms with Crippen LogP contribution in [0.5, 0.6) is 0 Å². The summed E-state index contributed by atoms with van der Waals surface area (Å²) in [6.45, 7) is 4.21. The highest BCUT2D eigenvalue weighted by atomic mass is 19.1. The zero-order valence-corrected chi connectivity index (χ0v) is 21.7. The molecule has 0 saturated carbocycles. The first kappa shape index (κ1) is 24.7. The normalized spacial score (nSPS) is 28.3. The lowest BCUT2D eigenvalue weighted by Gasteiger charge is -2.33. The summed E-state index contributed by atoms with van der Waals surface area (Å²) in [5.74, 6) is -0.199. The molecule has 2 aromatic carbocycles. The summed E-state index contributed by atoms with van der Waals surface area (Å²) in [5.41, 5.74) is 7.20. The number of aromatic nitrogens is 4. The maximum Gasteiger partial charge on any atom is 0.132 e. The minimum Gasteiger partial charge on any atom is -0.393 e. The molecule has 8 rings (SSSR count). The minimum absolute atomic E-state index is 0.0697. The largest absolute Gasteiger partial charge is 0.393 e. The number of imidazole rings is 2. The van der Waals surface area contributed by atoms with Gasteiger partial charge >= 0.3 is 0 Å². The van der Waals surface area contributed by atoms with Gasteiger partial charge in [-0.25, -0.2) is 14.4 Å². The van der Waals surface area contributed by atoms with Gasteiger partial charge in [0.25, 0.3) is 0 Å². The number of ether oxygens (including phenoxy) is 2. The van der Waals surface area contributed by atoms with E-state index in [0.29, 0.717) is 38.4 Å². The van der Waals surface area contributed by atoms with Crippen LogP contribution in [0.15, 0.2) is 61.4 Å². The summed E-state index contributed by atoms with van der Waals surface area (Å²) in [7, 11) is 0. The predicted octanol–water partition coefficient (Wildman–Crippen LogP) is 3.76. The second-order valence-electron chi connectivity index (χ2n) is 10.9. The van der Waals surface area contributed by atoms with Crippen molar-refractivity contribution in [3.8, 4) is 22.5 Å². The van der Waals surface area contributed by atoms with Gasteiger partial charge in [0, 0.05) is 29.6 Å². The molecule has 2 N–H and O–H groups in total. The molecule has 4 aromatic rings. The first-order valence-electron chi connectivity index (χ1n) is 13.5. The number of hydrogen-bond donors (Lipinski definition) is 2. The van der Waals surface area contributed by atoms with E-state index in [1.54, 1.807) is 18.6 Å². The van der Waals surface area contributed by atoms with E-state index in [2.05, 4.69) is 39.7 Å². The first-order chi connectivity index (χ1) is 19.0. The quantitative estimate of drug-likeness (QED) is 0.410. The molecular weight excluding hydrogens is 499 g/mol. The second kappa shape index (κ2) is 9.67. The van der Waals surface area contributed by atoms with E-state index in [1.165, 1.54) is 22.8 Å². The van der Waals surface area contributed by atoms with Crippen molar-refractivity contribution in [3.05, 3.63) is 84.0 Å². The number of aliphatic hydroxyl groups excluding tert-OH is 2. The molecule has 0 amide bonds. The monoisotopic (exact) mass is 530 g/mol. The van der Waals surface area contributed by atoms with Crippen molar-refractivity contribution in [1.82, 2.24) is 19.1 Å². The molecule has 6 heterocycles. The van der Waals surface area contributed by atoms with Crippen LogP contribution in [0.3, 0.4) is 0 Å². The fourth-order valence-corrected chi connectivity index (χ4v) is 6.75. The molecule has 0 bridgehead atoms. The van der Waals surface area contributed by atoms with E-state index >= 15 is 0 Å². The number of aliphatic hydroxyl groups is 2. The third kappa shape index (κ3) is 3.95. The van der Waals surface area contributed by atoms with E-state index in [0.717, 1.165) is 17.0 Å². The van der Waals surface area contributed by atoms with Crippen LogP contribution < -0.4 is 0 Å². The Morgan fingerprint density at radius 2 is 1.56 bits per heavy atom. The Labute approximate surface area is 225 Å². The van der Waals surface area contributed by atoms with Gasteiger partial charge in [-0.15, -0.1) is 0 Å². The first-order valence-corrected chi connectivity index (χ1v) is 13.5. The summed E-state index contributed by atoms with van der Waals surface area (Å²) >= 11 is 0. The molecule has 4 aliphatic heterocycles. The molecule has 9 heteroatoms. The van der Waals surface area contributed by atoms with Gasteiger partial charge in [-0.3, -0.25) is 0 Å². The van der Waals surface area contributed by atoms with Gasteiger partial charge < -0.3 is 28.8 Å². The average molecular weight is 531 g/mol. The Hall–Kier alpha value is -3.37. The fourth-order valence-electron chi connectivity index (χ4n) is 6.75. The number of benzene rings is 2. The topological polar surface area (TPSA) is 94.6 Å². The molecular formula is C30H31FN4O4. The molecule has 6 unspecified atom stereocenters. The fraction of sp³-hybridized carbons (Fsp3) is 0.400. The van der Waals surface area contributed by atoms with E-state index in [1.807, 2.05) is 23.2 Å². The highest BCUT2D eigenvalue weighted by molar-refractivity contribution is 5.71. The highest BCUT2D eigenvalue weighted by Gasteiger charge is 2.41. The minimum atomic E-state index is -0.432. The van der Waals surface area contributed by atoms with Crippen molar-refractivity contribution in [3.63, 3.8) is 0 Å². The van der Waals surface area contributed by atoms with Crippen molar-refractivity contribution in [1.29, 1.82) is 0 Å². The molecule has 2 saturated heterocycles. The maximum atomic E-state index is 14.1. The van der Waals surface area contributed by atoms with E-state index < -0.39 is 12.2 Å². The number of rotatable bonds is 2. The second-order valence-corrected chi connectivity index (χ2v) is 10.9. The predicted molar refractivity (Wildman–Crippen MR) is 142 cm³/mol. The van der Waals surface area contributed by atoms with Crippen LogP contribution in [-0.2, 0) is 9.47 Å². The van der Waals surface area contributed by atoms with E-state index in [9.17, 15) is 14.6 Å². The van der Waals surface area contributed by atoms with Crippen LogP contribution in [0.25, 0.3) is 22.5 Å². The molecule has 0 aliphatic carbocycles. The zero-order valence-electron chi connectivity index (χ0n) is 21.7.